The van der Waals surface area contributed by atoms with Gasteiger partial charge in [-0.3, -0.25) is 0 Å². The van der Waals surface area contributed by atoms with Crippen LogP contribution < -0.4 is 10.0 Å². The largest absolute Gasteiger partial charge is 0.380 e. The number of sulfonamides is 1. The Labute approximate surface area is 121 Å². The van der Waals surface area contributed by atoms with E-state index >= 15 is 0 Å². The maximum Gasteiger partial charge on any atom is 0.240 e. The van der Waals surface area contributed by atoms with Gasteiger partial charge in [0.2, 0.25) is 10.0 Å². The number of halogens is 1. The molecule has 0 amide bonds. The van der Waals surface area contributed by atoms with Crippen LogP contribution in [0.2, 0.25) is 0 Å². The Kier molecular flexibility index (Phi) is 8.95. The Morgan fingerprint density at radius 1 is 1.26 bits per heavy atom. The number of ether oxygens (including phenoxy) is 1. The van der Waals surface area contributed by atoms with E-state index in [-0.39, 0.29) is 17.3 Å². The van der Waals surface area contributed by atoms with Crippen LogP contribution in [0.5, 0.6) is 0 Å². The molecule has 0 radical (unpaired) electrons. The van der Waals surface area contributed by atoms with Crippen molar-refractivity contribution in [1.29, 1.82) is 0 Å². The number of rotatable bonds is 8. The summed E-state index contributed by atoms with van der Waals surface area (Å²) in [6.45, 7) is 1.62. The molecule has 0 aromatic heterocycles. The monoisotopic (exact) mass is 308 g/mol. The van der Waals surface area contributed by atoms with Gasteiger partial charge >= 0.3 is 0 Å². The molecule has 0 saturated heterocycles. The zero-order chi connectivity index (χ0) is 13.4. The predicted molar refractivity (Wildman–Crippen MR) is 78.1 cm³/mol. The lowest BCUT2D eigenvalue weighted by Gasteiger charge is -2.08. The molecule has 0 aliphatic heterocycles. The molecule has 0 atom stereocenters. The van der Waals surface area contributed by atoms with Gasteiger partial charge in [-0.1, -0.05) is 12.1 Å². The van der Waals surface area contributed by atoms with Gasteiger partial charge in [-0.25, -0.2) is 13.1 Å². The van der Waals surface area contributed by atoms with Crippen LogP contribution in [0, 0.1) is 0 Å². The maximum atomic E-state index is 12.0. The van der Waals surface area contributed by atoms with Crippen LogP contribution in [0.4, 0.5) is 0 Å². The molecule has 2 N–H and O–H groups in total. The Bertz CT molecular complexity index is 466. The van der Waals surface area contributed by atoms with Crippen LogP contribution in [0.1, 0.15) is 12.0 Å². The van der Waals surface area contributed by atoms with Crippen LogP contribution in [0.25, 0.3) is 0 Å². The molecule has 0 saturated carbocycles. The Hall–Kier alpha value is -0.660. The van der Waals surface area contributed by atoms with Gasteiger partial charge in [0.1, 0.15) is 0 Å². The maximum absolute atomic E-state index is 12.0. The van der Waals surface area contributed by atoms with Crippen molar-refractivity contribution in [3.05, 3.63) is 29.8 Å². The standard InChI is InChI=1S/C12H20N2O3S.ClH/c1-13-7-4-8-14-18(15,16)12-6-3-5-11(9-12)10-17-2;/h3,5-6,9,13-14H,4,7-8,10H2,1-2H3;1H. The molecule has 0 aliphatic rings. The van der Waals surface area contributed by atoms with Crippen LogP contribution in [0.3, 0.4) is 0 Å². The molecule has 1 aromatic carbocycles. The molecule has 0 bridgehead atoms. The summed E-state index contributed by atoms with van der Waals surface area (Å²) in [6, 6.07) is 6.77. The fourth-order valence-corrected chi connectivity index (χ4v) is 2.67. The first-order chi connectivity index (χ1) is 8.60. The molecule has 0 spiro atoms. The minimum atomic E-state index is -3.41. The molecule has 7 heteroatoms. The van der Waals surface area contributed by atoms with Gasteiger partial charge in [-0.2, -0.15) is 0 Å². The third-order valence-corrected chi connectivity index (χ3v) is 3.87. The summed E-state index contributed by atoms with van der Waals surface area (Å²) in [6.07, 6.45) is 0.757. The van der Waals surface area contributed by atoms with Crippen molar-refractivity contribution in [2.75, 3.05) is 27.2 Å². The zero-order valence-corrected chi connectivity index (χ0v) is 12.8. The van der Waals surface area contributed by atoms with E-state index in [4.69, 9.17) is 4.74 Å². The Morgan fingerprint density at radius 3 is 2.63 bits per heavy atom. The van der Waals surface area contributed by atoms with E-state index in [1.54, 1.807) is 25.3 Å². The molecular weight excluding hydrogens is 288 g/mol. The molecule has 0 fully saturated rings. The van der Waals surface area contributed by atoms with Gasteiger partial charge in [0.05, 0.1) is 11.5 Å². The topological polar surface area (TPSA) is 67.4 Å². The molecule has 19 heavy (non-hydrogen) atoms. The molecule has 0 aliphatic carbocycles. The van der Waals surface area contributed by atoms with Gasteiger partial charge in [0.15, 0.2) is 0 Å². The second-order valence-corrected chi connectivity index (χ2v) is 5.70. The molecule has 110 valence electrons. The highest BCUT2D eigenvalue weighted by Crippen LogP contribution is 2.12. The third kappa shape index (κ3) is 6.35. The van der Waals surface area contributed by atoms with Gasteiger partial charge in [0.25, 0.3) is 0 Å². The lowest BCUT2D eigenvalue weighted by atomic mass is 10.2. The zero-order valence-electron chi connectivity index (χ0n) is 11.2. The first kappa shape index (κ1) is 18.3. The molecule has 1 aromatic rings. The average Bonchev–Trinajstić information content (AvgIpc) is 2.36. The molecule has 0 unspecified atom stereocenters. The smallest absolute Gasteiger partial charge is 0.240 e. The summed E-state index contributed by atoms with van der Waals surface area (Å²) in [4.78, 5) is 0.279. The minimum Gasteiger partial charge on any atom is -0.380 e. The average molecular weight is 309 g/mol. The Balaban J connectivity index is 0.00000324. The van der Waals surface area contributed by atoms with Crippen molar-refractivity contribution < 1.29 is 13.2 Å². The quantitative estimate of drug-likeness (QED) is 0.707. The van der Waals surface area contributed by atoms with Crippen molar-refractivity contribution in [1.82, 2.24) is 10.0 Å². The molecule has 0 heterocycles. The van der Waals surface area contributed by atoms with E-state index in [1.807, 2.05) is 13.1 Å². The lowest BCUT2D eigenvalue weighted by Crippen LogP contribution is -2.26. The Morgan fingerprint density at radius 2 is 2.00 bits per heavy atom. The summed E-state index contributed by atoms with van der Waals surface area (Å²) >= 11 is 0. The molecule has 5 nitrogen and oxygen atoms in total. The fraction of sp³-hybridized carbons (Fsp3) is 0.500. The highest BCUT2D eigenvalue weighted by molar-refractivity contribution is 7.89. The van der Waals surface area contributed by atoms with Crippen molar-refractivity contribution >= 4 is 22.4 Å². The number of hydrogen-bond donors (Lipinski definition) is 2. The van der Waals surface area contributed by atoms with Crippen molar-refractivity contribution in [2.45, 2.75) is 17.9 Å². The van der Waals surface area contributed by atoms with E-state index in [1.165, 1.54) is 0 Å². The van der Waals surface area contributed by atoms with Crippen molar-refractivity contribution in [3.63, 3.8) is 0 Å². The normalized spacial score (nSPS) is 11.1. The number of nitrogens with one attached hydrogen (secondary N) is 2. The summed E-state index contributed by atoms with van der Waals surface area (Å²) in [5.41, 5.74) is 0.843. The van der Waals surface area contributed by atoms with Gasteiger partial charge in [-0.05, 0) is 37.7 Å². The van der Waals surface area contributed by atoms with Crippen molar-refractivity contribution in [2.24, 2.45) is 0 Å². The summed E-state index contributed by atoms with van der Waals surface area (Å²) in [5.74, 6) is 0. The van der Waals surface area contributed by atoms with E-state index in [9.17, 15) is 8.42 Å². The summed E-state index contributed by atoms with van der Waals surface area (Å²) in [7, 11) is 0.00167. The molecule has 1 rings (SSSR count). The number of hydrogen-bond acceptors (Lipinski definition) is 4. The first-order valence-electron chi connectivity index (χ1n) is 5.82. The SMILES string of the molecule is CNCCCNS(=O)(=O)c1cccc(COC)c1.Cl. The second kappa shape index (κ2) is 9.28. The lowest BCUT2D eigenvalue weighted by molar-refractivity contribution is 0.184. The number of methoxy groups -OCH3 is 1. The first-order valence-corrected chi connectivity index (χ1v) is 7.30. The fourth-order valence-electron chi connectivity index (χ4n) is 1.52. The van der Waals surface area contributed by atoms with Crippen LogP contribution in [0.15, 0.2) is 29.2 Å². The summed E-state index contributed by atoms with van der Waals surface area (Å²) < 4.78 is 31.5. The van der Waals surface area contributed by atoms with Gasteiger partial charge in [0, 0.05) is 13.7 Å². The predicted octanol–water partition coefficient (Wildman–Crippen LogP) is 1.14. The van der Waals surface area contributed by atoms with Gasteiger partial charge in [-0.15, -0.1) is 12.4 Å². The van der Waals surface area contributed by atoms with Gasteiger partial charge < -0.3 is 10.1 Å². The van der Waals surface area contributed by atoms with Crippen LogP contribution >= 0.6 is 12.4 Å². The van der Waals surface area contributed by atoms with Crippen LogP contribution in [-0.4, -0.2) is 35.7 Å². The molecular formula is C12H21ClN2O3S. The highest BCUT2D eigenvalue weighted by Gasteiger charge is 2.13. The van der Waals surface area contributed by atoms with E-state index in [2.05, 4.69) is 10.0 Å². The summed E-state index contributed by atoms with van der Waals surface area (Å²) in [5, 5.41) is 2.97. The van der Waals surface area contributed by atoms with Crippen molar-refractivity contribution in [3.8, 4) is 0 Å². The van der Waals surface area contributed by atoms with E-state index in [0.717, 1.165) is 18.5 Å². The minimum absolute atomic E-state index is 0. The number of benzene rings is 1. The second-order valence-electron chi connectivity index (χ2n) is 3.94. The van der Waals surface area contributed by atoms with Crippen LogP contribution in [-0.2, 0) is 21.4 Å². The van der Waals surface area contributed by atoms with E-state index in [0.29, 0.717) is 13.2 Å². The third-order valence-electron chi connectivity index (χ3n) is 2.42. The highest BCUT2D eigenvalue weighted by atomic mass is 35.5. The van der Waals surface area contributed by atoms with E-state index < -0.39 is 10.0 Å².